The number of ether oxygens (including phenoxy) is 2. The average Bonchev–Trinajstić information content (AvgIpc) is 3.14. The molecule has 2 heterocycles. The van der Waals surface area contributed by atoms with Gasteiger partial charge in [-0.1, -0.05) is 6.92 Å². The van der Waals surface area contributed by atoms with E-state index in [4.69, 9.17) is 9.47 Å². The van der Waals surface area contributed by atoms with Crippen LogP contribution in [0.3, 0.4) is 0 Å². The minimum absolute atomic E-state index is 0.0549. The van der Waals surface area contributed by atoms with Gasteiger partial charge < -0.3 is 19.7 Å². The molecule has 1 N–H and O–H groups in total. The normalized spacial score (nSPS) is 27.1. The van der Waals surface area contributed by atoms with Gasteiger partial charge in [-0.15, -0.1) is 0 Å². The lowest BCUT2D eigenvalue weighted by Crippen LogP contribution is -2.54. The van der Waals surface area contributed by atoms with E-state index in [1.165, 1.54) is 0 Å². The van der Waals surface area contributed by atoms with Gasteiger partial charge in [0.2, 0.25) is 6.79 Å². The van der Waals surface area contributed by atoms with Gasteiger partial charge in [0.05, 0.1) is 0 Å². The van der Waals surface area contributed by atoms with Crippen LogP contribution in [0.25, 0.3) is 0 Å². The number of hydrogen-bond donors (Lipinski definition) is 1. The summed E-state index contributed by atoms with van der Waals surface area (Å²) >= 11 is 0. The van der Waals surface area contributed by atoms with Gasteiger partial charge in [-0.25, -0.2) is 0 Å². The van der Waals surface area contributed by atoms with Gasteiger partial charge >= 0.3 is 12.1 Å². The lowest BCUT2D eigenvalue weighted by molar-refractivity contribution is -0.187. The second-order valence-electron chi connectivity index (χ2n) is 8.55. The average molecular weight is 412 g/mol. The van der Waals surface area contributed by atoms with Crippen LogP contribution in [0.2, 0.25) is 0 Å². The highest BCUT2D eigenvalue weighted by molar-refractivity contribution is 5.82. The zero-order chi connectivity index (χ0) is 20.8. The number of carbonyl (C=O) groups is 1. The van der Waals surface area contributed by atoms with Crippen molar-refractivity contribution in [2.75, 3.05) is 13.3 Å². The van der Waals surface area contributed by atoms with Gasteiger partial charge in [0.15, 0.2) is 11.5 Å². The maximum Gasteiger partial charge on any atom is 0.471 e. The number of alkyl halides is 3. The monoisotopic (exact) mass is 412 g/mol. The molecule has 0 aromatic heterocycles. The van der Waals surface area contributed by atoms with Crippen molar-refractivity contribution in [3.05, 3.63) is 23.3 Å². The minimum Gasteiger partial charge on any atom is -0.454 e. The van der Waals surface area contributed by atoms with Crippen LogP contribution in [0, 0.1) is 0 Å². The molecule has 1 aliphatic carbocycles. The molecule has 29 heavy (non-hydrogen) atoms. The van der Waals surface area contributed by atoms with E-state index < -0.39 is 17.5 Å². The fourth-order valence-corrected chi connectivity index (χ4v) is 4.93. The Bertz CT molecular complexity index is 788. The molecule has 1 amide bonds. The van der Waals surface area contributed by atoms with Gasteiger partial charge in [-0.05, 0) is 62.3 Å². The third-order valence-electron chi connectivity index (χ3n) is 6.63. The zero-order valence-corrected chi connectivity index (χ0v) is 16.8. The first-order chi connectivity index (χ1) is 13.7. The molecule has 1 atom stereocenters. The molecule has 1 fully saturated rings. The Hall–Kier alpha value is -1.96. The fourth-order valence-electron chi connectivity index (χ4n) is 4.93. The van der Waals surface area contributed by atoms with Crippen LogP contribution in [-0.2, 0) is 16.8 Å². The van der Waals surface area contributed by atoms with Gasteiger partial charge in [-0.3, -0.25) is 4.79 Å². The first kappa shape index (κ1) is 20.3. The molecule has 8 heteroatoms. The third-order valence-corrected chi connectivity index (χ3v) is 6.63. The van der Waals surface area contributed by atoms with Crippen LogP contribution in [0.1, 0.15) is 57.1 Å². The second kappa shape index (κ2) is 7.38. The second-order valence-corrected chi connectivity index (χ2v) is 8.55. The van der Waals surface area contributed by atoms with Crippen molar-refractivity contribution in [3.63, 3.8) is 0 Å². The smallest absolute Gasteiger partial charge is 0.454 e. The number of fused-ring (bicyclic) bond motifs is 3. The van der Waals surface area contributed by atoms with E-state index in [0.717, 1.165) is 48.1 Å². The number of hydrogen-bond acceptors (Lipinski definition) is 4. The van der Waals surface area contributed by atoms with Gasteiger partial charge in [0.25, 0.3) is 0 Å². The number of carbonyl (C=O) groups excluding carboxylic acids is 1. The molecule has 1 saturated carbocycles. The van der Waals surface area contributed by atoms with E-state index in [1.54, 1.807) is 6.07 Å². The molecule has 0 saturated heterocycles. The van der Waals surface area contributed by atoms with Gasteiger partial charge in [0.1, 0.15) is 0 Å². The quantitative estimate of drug-likeness (QED) is 0.819. The predicted octanol–water partition coefficient (Wildman–Crippen LogP) is 3.89. The minimum atomic E-state index is -4.87. The number of benzene rings is 1. The van der Waals surface area contributed by atoms with Gasteiger partial charge in [-0.2, -0.15) is 13.2 Å². The van der Waals surface area contributed by atoms with Crippen molar-refractivity contribution in [2.24, 2.45) is 0 Å². The van der Waals surface area contributed by atoms with E-state index in [2.05, 4.69) is 19.2 Å². The summed E-state index contributed by atoms with van der Waals surface area (Å²) < 4.78 is 50.5. The molecular weight excluding hydrogens is 385 g/mol. The highest BCUT2D eigenvalue weighted by atomic mass is 19.4. The van der Waals surface area contributed by atoms with Crippen LogP contribution in [-0.4, -0.2) is 42.4 Å². The van der Waals surface area contributed by atoms with Crippen molar-refractivity contribution in [3.8, 4) is 11.5 Å². The number of nitrogens with one attached hydrogen (secondary N) is 1. The number of halogens is 3. The van der Waals surface area contributed by atoms with Crippen molar-refractivity contribution in [1.82, 2.24) is 10.2 Å². The molecule has 2 aliphatic heterocycles. The summed E-state index contributed by atoms with van der Waals surface area (Å²) in [6, 6.07) is 4.43. The Morgan fingerprint density at radius 1 is 1.28 bits per heavy atom. The largest absolute Gasteiger partial charge is 0.471 e. The first-order valence-electron chi connectivity index (χ1n) is 10.3. The van der Waals surface area contributed by atoms with Crippen molar-refractivity contribution in [2.45, 2.75) is 76.2 Å². The predicted molar refractivity (Wildman–Crippen MR) is 101 cm³/mol. The number of amides is 1. The Balaban J connectivity index is 1.65. The summed E-state index contributed by atoms with van der Waals surface area (Å²) in [7, 11) is 0. The van der Waals surface area contributed by atoms with Gasteiger partial charge in [0, 0.05) is 30.6 Å². The summed E-state index contributed by atoms with van der Waals surface area (Å²) in [6.07, 6.45) is -0.643. The zero-order valence-electron chi connectivity index (χ0n) is 16.8. The highest BCUT2D eigenvalue weighted by Crippen LogP contribution is 2.49. The summed E-state index contributed by atoms with van der Waals surface area (Å²) in [5.74, 6) is -0.592. The fraction of sp³-hybridized carbons (Fsp3) is 0.667. The topological polar surface area (TPSA) is 50.8 Å². The van der Waals surface area contributed by atoms with E-state index in [0.29, 0.717) is 23.6 Å². The van der Waals surface area contributed by atoms with Crippen LogP contribution in [0.5, 0.6) is 11.5 Å². The molecule has 160 valence electrons. The lowest BCUT2D eigenvalue weighted by atomic mass is 9.65. The molecule has 0 radical (unpaired) electrons. The standard InChI is InChI=1S/C21H27F3N2O3/c1-3-13(2)25-15-4-6-20(7-5-15)11-26(19(27)21(22,23)24)10-14-8-17-18(9-16(14)20)29-12-28-17/h8-9,13,15,25H,3-7,10-12H2,1-2H3. The van der Waals surface area contributed by atoms with Crippen molar-refractivity contribution >= 4 is 5.91 Å². The summed E-state index contributed by atoms with van der Waals surface area (Å²) in [4.78, 5) is 13.0. The molecule has 1 unspecified atom stereocenters. The van der Waals surface area contributed by atoms with E-state index in [-0.39, 0.29) is 19.9 Å². The van der Waals surface area contributed by atoms with Crippen LogP contribution in [0.15, 0.2) is 12.1 Å². The Labute approximate surface area is 168 Å². The molecule has 0 bridgehead atoms. The summed E-state index contributed by atoms with van der Waals surface area (Å²) in [5.41, 5.74) is 1.25. The van der Waals surface area contributed by atoms with Crippen molar-refractivity contribution in [1.29, 1.82) is 0 Å². The molecule has 5 nitrogen and oxygen atoms in total. The summed E-state index contributed by atoms with van der Waals surface area (Å²) in [6.45, 7) is 4.42. The third kappa shape index (κ3) is 3.79. The highest BCUT2D eigenvalue weighted by Gasteiger charge is 2.49. The molecule has 3 aliphatic rings. The molecule has 1 aromatic carbocycles. The maximum absolute atomic E-state index is 13.2. The van der Waals surface area contributed by atoms with E-state index in [9.17, 15) is 18.0 Å². The molecule has 4 rings (SSSR count). The molecular formula is C21H27F3N2O3. The Morgan fingerprint density at radius 3 is 2.55 bits per heavy atom. The number of rotatable bonds is 3. The van der Waals surface area contributed by atoms with E-state index >= 15 is 0 Å². The molecule has 1 aromatic rings. The maximum atomic E-state index is 13.2. The van der Waals surface area contributed by atoms with Crippen LogP contribution < -0.4 is 14.8 Å². The Kier molecular flexibility index (Phi) is 5.17. The first-order valence-corrected chi connectivity index (χ1v) is 10.3. The van der Waals surface area contributed by atoms with Crippen LogP contribution >= 0.6 is 0 Å². The lowest BCUT2D eigenvalue weighted by Gasteiger charge is -2.48. The van der Waals surface area contributed by atoms with Crippen LogP contribution in [0.4, 0.5) is 13.2 Å². The van der Waals surface area contributed by atoms with E-state index in [1.807, 2.05) is 6.07 Å². The SMILES string of the molecule is CCC(C)NC1CCC2(CC1)CN(C(=O)C(F)(F)F)Cc1cc3c(cc12)OCO3. The number of nitrogens with zero attached hydrogens (tertiary/aromatic N) is 1. The summed E-state index contributed by atoms with van der Waals surface area (Å²) in [5, 5.41) is 3.61. The van der Waals surface area contributed by atoms with Crippen molar-refractivity contribution < 1.29 is 27.4 Å². The molecule has 1 spiro atoms. The Morgan fingerprint density at radius 2 is 1.93 bits per heavy atom.